The van der Waals surface area contributed by atoms with Gasteiger partial charge in [-0.05, 0) is 62.7 Å². The van der Waals surface area contributed by atoms with E-state index in [0.717, 1.165) is 19.3 Å². The Morgan fingerprint density at radius 1 is 1.27 bits per heavy atom. The molecule has 0 aliphatic heterocycles. The number of thioether (sulfide) groups is 1. The smallest absolute Gasteiger partial charge is 0.316 e. The van der Waals surface area contributed by atoms with Crippen LogP contribution in [0.25, 0.3) is 0 Å². The van der Waals surface area contributed by atoms with Gasteiger partial charge in [-0.15, -0.1) is 18.3 Å². The molecular formula is C31H53FN2O5S. The number of ether oxygens (including phenoxy) is 1. The number of rotatable bonds is 9. The zero-order valence-electron chi connectivity index (χ0n) is 25.7. The lowest BCUT2D eigenvalue weighted by molar-refractivity contribution is -0.205. The van der Waals surface area contributed by atoms with E-state index in [0.29, 0.717) is 19.4 Å². The Hall–Kier alpha value is -1.45. The minimum Gasteiger partial charge on any atom is -0.461 e. The molecule has 0 aromatic carbocycles. The predicted molar refractivity (Wildman–Crippen MR) is 160 cm³/mol. The standard InChI is InChI=1S/C31H52N2O5S.FH/c1-10-29(8)15-22(38-23(35)16-39-28(6,7)17-33-27(37)24(32)18(2)3)30(9)19(4)11-13-31(20(5)26(29)36)14-12-21(34)25(30)31;/h10,18-20,22,24-26,36H,1,11-17,32H2,2-9H3,(H,33,37);1H/t19-,20+,22-,24-,25+,26+,29-,30+,31+;/m1./s1. The van der Waals surface area contributed by atoms with E-state index in [9.17, 15) is 19.5 Å². The van der Waals surface area contributed by atoms with Gasteiger partial charge in [-0.25, -0.2) is 0 Å². The van der Waals surface area contributed by atoms with Gasteiger partial charge < -0.3 is 20.9 Å². The molecule has 3 aliphatic rings. The van der Waals surface area contributed by atoms with Crippen molar-refractivity contribution in [2.75, 3.05) is 12.3 Å². The summed E-state index contributed by atoms with van der Waals surface area (Å²) in [7, 11) is 0. The highest BCUT2D eigenvalue weighted by molar-refractivity contribution is 8.01. The van der Waals surface area contributed by atoms with Crippen LogP contribution < -0.4 is 11.1 Å². The molecule has 1 amide bonds. The van der Waals surface area contributed by atoms with E-state index in [4.69, 9.17) is 10.5 Å². The maximum Gasteiger partial charge on any atom is 0.316 e. The molecule has 40 heavy (non-hydrogen) atoms. The molecule has 0 unspecified atom stereocenters. The number of Topliss-reactive ketones (excluding diaryl/α,β-unsaturated/α-hetero) is 1. The van der Waals surface area contributed by atoms with Crippen LogP contribution in [-0.4, -0.2) is 58.1 Å². The van der Waals surface area contributed by atoms with Crippen molar-refractivity contribution in [3.63, 3.8) is 0 Å². The van der Waals surface area contributed by atoms with E-state index in [1.54, 1.807) is 0 Å². The van der Waals surface area contributed by atoms with Gasteiger partial charge in [-0.2, -0.15) is 0 Å². The molecular weight excluding hydrogens is 531 g/mol. The first kappa shape index (κ1) is 34.7. The summed E-state index contributed by atoms with van der Waals surface area (Å²) in [4.78, 5) is 39.2. The summed E-state index contributed by atoms with van der Waals surface area (Å²) >= 11 is 1.43. The number of nitrogens with two attached hydrogens (primary N) is 1. The third-order valence-electron chi connectivity index (χ3n) is 10.9. The Morgan fingerprint density at radius 2 is 1.90 bits per heavy atom. The van der Waals surface area contributed by atoms with E-state index in [-0.39, 0.29) is 57.2 Å². The van der Waals surface area contributed by atoms with Crippen molar-refractivity contribution >= 4 is 29.4 Å². The lowest BCUT2D eigenvalue weighted by Crippen LogP contribution is -2.63. The van der Waals surface area contributed by atoms with Gasteiger partial charge in [0.2, 0.25) is 5.91 Å². The van der Waals surface area contributed by atoms with Crippen molar-refractivity contribution in [1.82, 2.24) is 5.32 Å². The van der Waals surface area contributed by atoms with Crippen molar-refractivity contribution in [2.45, 2.75) is 110 Å². The van der Waals surface area contributed by atoms with Crippen molar-refractivity contribution in [3.05, 3.63) is 12.7 Å². The van der Waals surface area contributed by atoms with Crippen LogP contribution in [0.4, 0.5) is 4.70 Å². The van der Waals surface area contributed by atoms with Crippen LogP contribution >= 0.6 is 11.8 Å². The van der Waals surface area contributed by atoms with Crippen LogP contribution in [0.3, 0.4) is 0 Å². The molecule has 0 heterocycles. The number of halogens is 1. The summed E-state index contributed by atoms with van der Waals surface area (Å²) in [6, 6.07) is -0.573. The quantitative estimate of drug-likeness (QED) is 0.267. The Kier molecular flexibility index (Phi) is 10.8. The van der Waals surface area contributed by atoms with Gasteiger partial charge in [0.15, 0.2) is 0 Å². The number of hydrogen-bond donors (Lipinski definition) is 3. The molecule has 3 rings (SSSR count). The topological polar surface area (TPSA) is 119 Å². The zero-order chi connectivity index (χ0) is 29.6. The first-order valence-electron chi connectivity index (χ1n) is 14.7. The molecule has 7 nitrogen and oxygen atoms in total. The summed E-state index contributed by atoms with van der Waals surface area (Å²) in [5.74, 6) is -0.243. The maximum absolute atomic E-state index is 13.5. The molecule has 3 saturated carbocycles. The van der Waals surface area contributed by atoms with E-state index in [1.165, 1.54) is 11.8 Å². The first-order chi connectivity index (χ1) is 17.9. The number of hydrogen-bond acceptors (Lipinski definition) is 7. The van der Waals surface area contributed by atoms with E-state index in [2.05, 4.69) is 32.7 Å². The Labute approximate surface area is 244 Å². The number of nitrogens with one attached hydrogen (secondary N) is 1. The van der Waals surface area contributed by atoms with Crippen LogP contribution in [0.15, 0.2) is 12.7 Å². The number of carbonyl (C=O) groups excluding carboxylic acids is 3. The summed E-state index contributed by atoms with van der Waals surface area (Å²) in [6.45, 7) is 20.7. The monoisotopic (exact) mass is 584 g/mol. The number of ketones is 1. The highest BCUT2D eigenvalue weighted by Crippen LogP contribution is 2.68. The Morgan fingerprint density at radius 3 is 2.48 bits per heavy atom. The van der Waals surface area contributed by atoms with Crippen molar-refractivity contribution in [3.8, 4) is 0 Å². The molecule has 0 saturated heterocycles. The second kappa shape index (κ2) is 12.4. The van der Waals surface area contributed by atoms with Gasteiger partial charge >= 0.3 is 5.97 Å². The third kappa shape index (κ3) is 6.17. The zero-order valence-corrected chi connectivity index (χ0v) is 26.6. The SMILES string of the molecule is C=C[C@]1(C)C[C@@H](OC(=O)CSC(C)(C)CNC(=O)[C@H](N)C(C)C)[C@]2(C)[C@H](C)CC[C@]3(CCC(=O)[C@H]32)[C@@H](C)[C@@H]1O.F. The lowest BCUT2D eigenvalue weighted by atomic mass is 9.44. The third-order valence-corrected chi connectivity index (χ3v) is 12.2. The molecule has 0 spiro atoms. The fourth-order valence-corrected chi connectivity index (χ4v) is 8.47. The first-order valence-corrected chi connectivity index (χ1v) is 15.6. The average Bonchev–Trinajstić information content (AvgIpc) is 3.24. The normalized spacial score (nSPS) is 38.4. The molecule has 230 valence electrons. The maximum atomic E-state index is 13.5. The van der Waals surface area contributed by atoms with Crippen molar-refractivity contribution in [2.24, 2.45) is 45.7 Å². The van der Waals surface area contributed by atoms with Crippen molar-refractivity contribution in [1.29, 1.82) is 0 Å². The number of aliphatic hydroxyl groups excluding tert-OH is 1. The van der Waals surface area contributed by atoms with Crippen LogP contribution in [0.2, 0.25) is 0 Å². The van der Waals surface area contributed by atoms with E-state index < -0.39 is 33.8 Å². The van der Waals surface area contributed by atoms with Gasteiger partial charge in [-0.3, -0.25) is 19.1 Å². The molecule has 4 N–H and O–H groups in total. The number of carbonyl (C=O) groups is 3. The van der Waals surface area contributed by atoms with Crippen LogP contribution in [0.1, 0.15) is 87.5 Å². The largest absolute Gasteiger partial charge is 0.461 e. The summed E-state index contributed by atoms with van der Waals surface area (Å²) in [5.41, 5.74) is 4.49. The van der Waals surface area contributed by atoms with Crippen molar-refractivity contribution < 1.29 is 28.9 Å². The number of esters is 1. The fraction of sp³-hybridized carbons (Fsp3) is 0.839. The molecule has 0 aromatic heterocycles. The Balaban J connectivity index is 0.00000560. The minimum absolute atomic E-state index is 0. The second-order valence-electron chi connectivity index (χ2n) is 14.1. The van der Waals surface area contributed by atoms with Gasteiger partial charge in [0, 0.05) is 34.5 Å². The fourth-order valence-electron chi connectivity index (χ4n) is 7.72. The van der Waals surface area contributed by atoms with Gasteiger partial charge in [0.05, 0.1) is 17.9 Å². The van der Waals surface area contributed by atoms with Gasteiger partial charge in [0.25, 0.3) is 0 Å². The summed E-state index contributed by atoms with van der Waals surface area (Å²) < 4.78 is 5.92. The van der Waals surface area contributed by atoms with Crippen LogP contribution in [-0.2, 0) is 19.1 Å². The number of aliphatic hydroxyl groups is 1. The molecule has 2 bridgehead atoms. The van der Waals surface area contributed by atoms with Crippen LogP contribution in [0, 0.1) is 39.9 Å². The van der Waals surface area contributed by atoms with Gasteiger partial charge in [0.1, 0.15) is 11.9 Å². The minimum atomic E-state index is -0.684. The second-order valence-corrected chi connectivity index (χ2v) is 15.8. The molecule has 0 radical (unpaired) electrons. The molecule has 9 heteroatoms. The van der Waals surface area contributed by atoms with Gasteiger partial charge in [-0.1, -0.05) is 47.6 Å². The lowest BCUT2D eigenvalue weighted by Gasteiger charge is -2.61. The molecule has 3 aliphatic carbocycles. The predicted octanol–water partition coefficient (Wildman–Crippen LogP) is 4.66. The van der Waals surface area contributed by atoms with Crippen LogP contribution in [0.5, 0.6) is 0 Å². The Bertz CT molecular complexity index is 975. The molecule has 0 aromatic rings. The highest BCUT2D eigenvalue weighted by Gasteiger charge is 2.68. The van der Waals surface area contributed by atoms with E-state index >= 15 is 0 Å². The van der Waals surface area contributed by atoms with E-state index in [1.807, 2.05) is 40.7 Å². The molecule has 3 fully saturated rings. The average molecular weight is 585 g/mol. The highest BCUT2D eigenvalue weighted by atomic mass is 32.2. The summed E-state index contributed by atoms with van der Waals surface area (Å²) in [6.07, 6.45) is 4.17. The number of amides is 1. The molecule has 9 atom stereocenters. The summed E-state index contributed by atoms with van der Waals surface area (Å²) in [5, 5.41) is 14.6.